The predicted molar refractivity (Wildman–Crippen MR) is 82.1 cm³/mol. The van der Waals surface area contributed by atoms with Crippen molar-refractivity contribution in [3.05, 3.63) is 46.7 Å². The van der Waals surface area contributed by atoms with Gasteiger partial charge in [-0.1, -0.05) is 6.07 Å². The normalized spacial score (nSPS) is 13.0. The highest BCUT2D eigenvalue weighted by Crippen LogP contribution is 2.19. The van der Waals surface area contributed by atoms with Crippen molar-refractivity contribution in [1.29, 1.82) is 0 Å². The number of thiophene rings is 1. The molecule has 2 aromatic rings. The molecule has 0 aliphatic carbocycles. The second-order valence-corrected chi connectivity index (χ2v) is 7.03. The topological polar surface area (TPSA) is 75.6 Å². The van der Waals surface area contributed by atoms with Gasteiger partial charge in [-0.15, -0.1) is 11.3 Å². The van der Waals surface area contributed by atoms with Gasteiger partial charge in [-0.3, -0.25) is 0 Å². The van der Waals surface area contributed by atoms with E-state index >= 15 is 0 Å². The zero-order valence-electron chi connectivity index (χ0n) is 11.5. The summed E-state index contributed by atoms with van der Waals surface area (Å²) in [6.07, 6.45) is -0.845. The molecule has 1 unspecified atom stereocenters. The summed E-state index contributed by atoms with van der Waals surface area (Å²) in [5, 5.41) is 11.7. The van der Waals surface area contributed by atoms with Gasteiger partial charge in [0.05, 0.1) is 11.5 Å². The molecule has 1 heterocycles. The third kappa shape index (κ3) is 4.28. The molecule has 0 radical (unpaired) electrons. The van der Waals surface area contributed by atoms with E-state index in [4.69, 9.17) is 4.74 Å². The first kappa shape index (κ1) is 16.0. The number of rotatable bonds is 7. The Morgan fingerprint density at radius 1 is 1.29 bits per heavy atom. The van der Waals surface area contributed by atoms with Gasteiger partial charge in [0.1, 0.15) is 11.9 Å². The largest absolute Gasteiger partial charge is 0.494 e. The zero-order valence-corrected chi connectivity index (χ0v) is 13.2. The van der Waals surface area contributed by atoms with Gasteiger partial charge in [0.25, 0.3) is 0 Å². The molecule has 7 heteroatoms. The highest BCUT2D eigenvalue weighted by molar-refractivity contribution is 7.89. The fourth-order valence-corrected chi connectivity index (χ4v) is 3.49. The van der Waals surface area contributed by atoms with E-state index in [0.717, 1.165) is 4.88 Å². The van der Waals surface area contributed by atoms with Gasteiger partial charge in [0.15, 0.2) is 0 Å². The SMILES string of the molecule is CCOc1ccc(S(=O)(=O)NCC(O)c2cccs2)cc1. The smallest absolute Gasteiger partial charge is 0.240 e. The van der Waals surface area contributed by atoms with E-state index in [-0.39, 0.29) is 11.4 Å². The highest BCUT2D eigenvalue weighted by Gasteiger charge is 2.17. The Labute approximate surface area is 128 Å². The fraction of sp³-hybridized carbons (Fsp3) is 0.286. The van der Waals surface area contributed by atoms with E-state index in [1.165, 1.54) is 23.5 Å². The summed E-state index contributed by atoms with van der Waals surface area (Å²) in [6.45, 7) is 2.32. The molecule has 0 aliphatic rings. The molecule has 0 spiro atoms. The molecule has 114 valence electrons. The molecule has 2 N–H and O–H groups in total. The van der Waals surface area contributed by atoms with E-state index in [1.807, 2.05) is 18.4 Å². The predicted octanol–water partition coefficient (Wildman–Crippen LogP) is 2.16. The van der Waals surface area contributed by atoms with Crippen molar-refractivity contribution in [1.82, 2.24) is 4.72 Å². The lowest BCUT2D eigenvalue weighted by Crippen LogP contribution is -2.28. The van der Waals surface area contributed by atoms with Crippen molar-refractivity contribution < 1.29 is 18.3 Å². The number of benzene rings is 1. The van der Waals surface area contributed by atoms with Gasteiger partial charge in [0.2, 0.25) is 10.0 Å². The van der Waals surface area contributed by atoms with Crippen molar-refractivity contribution in [3.63, 3.8) is 0 Å². The Kier molecular flexibility index (Phi) is 5.35. The fourth-order valence-electron chi connectivity index (χ4n) is 1.74. The van der Waals surface area contributed by atoms with Crippen LogP contribution in [-0.4, -0.2) is 26.7 Å². The molecule has 1 aromatic carbocycles. The summed E-state index contributed by atoms with van der Waals surface area (Å²) < 4.78 is 31.9. The average molecular weight is 327 g/mol. The summed E-state index contributed by atoms with van der Waals surface area (Å²) in [6, 6.07) is 9.74. The van der Waals surface area contributed by atoms with Crippen LogP contribution in [0.25, 0.3) is 0 Å². The van der Waals surface area contributed by atoms with Gasteiger partial charge >= 0.3 is 0 Å². The van der Waals surface area contributed by atoms with Crippen LogP contribution >= 0.6 is 11.3 Å². The molecule has 5 nitrogen and oxygen atoms in total. The van der Waals surface area contributed by atoms with E-state index in [2.05, 4.69) is 4.72 Å². The van der Waals surface area contributed by atoms with Crippen molar-refractivity contribution in [2.45, 2.75) is 17.9 Å². The molecule has 0 aliphatic heterocycles. The lowest BCUT2D eigenvalue weighted by Gasteiger charge is -2.11. The van der Waals surface area contributed by atoms with E-state index in [0.29, 0.717) is 12.4 Å². The lowest BCUT2D eigenvalue weighted by molar-refractivity contribution is 0.186. The number of ether oxygens (including phenoxy) is 1. The number of hydrogen-bond acceptors (Lipinski definition) is 5. The van der Waals surface area contributed by atoms with Crippen molar-refractivity contribution in [2.24, 2.45) is 0 Å². The molecular formula is C14H17NO4S2. The van der Waals surface area contributed by atoms with Crippen LogP contribution < -0.4 is 9.46 Å². The van der Waals surface area contributed by atoms with Crippen LogP contribution in [0.3, 0.4) is 0 Å². The number of nitrogens with one attached hydrogen (secondary N) is 1. The maximum absolute atomic E-state index is 12.1. The van der Waals surface area contributed by atoms with Gasteiger partial charge in [-0.2, -0.15) is 0 Å². The zero-order chi connectivity index (χ0) is 15.3. The standard InChI is InChI=1S/C14H17NO4S2/c1-2-19-11-5-7-12(8-6-11)21(17,18)15-10-13(16)14-4-3-9-20-14/h3-9,13,15-16H,2,10H2,1H3. The minimum atomic E-state index is -3.64. The average Bonchev–Trinajstić information content (AvgIpc) is 3.00. The summed E-state index contributed by atoms with van der Waals surface area (Å²) in [5.74, 6) is 0.620. The van der Waals surface area contributed by atoms with Crippen LogP contribution in [0.1, 0.15) is 17.9 Å². The minimum absolute atomic E-state index is 0.0595. The Morgan fingerprint density at radius 2 is 2.00 bits per heavy atom. The molecule has 2 rings (SSSR count). The maximum atomic E-state index is 12.1. The summed E-state index contributed by atoms with van der Waals surface area (Å²) in [7, 11) is -3.64. The molecule has 0 amide bonds. The second kappa shape index (κ2) is 7.04. The third-order valence-corrected chi connectivity index (χ3v) is 5.20. The quantitative estimate of drug-likeness (QED) is 0.817. The van der Waals surface area contributed by atoms with Crippen LogP contribution in [0, 0.1) is 0 Å². The minimum Gasteiger partial charge on any atom is -0.494 e. The van der Waals surface area contributed by atoms with Crippen molar-refractivity contribution in [3.8, 4) is 5.75 Å². The van der Waals surface area contributed by atoms with Gasteiger partial charge in [-0.05, 0) is 42.6 Å². The molecular weight excluding hydrogens is 310 g/mol. The Balaban J connectivity index is 2.01. The Morgan fingerprint density at radius 3 is 2.57 bits per heavy atom. The molecule has 0 fully saturated rings. The number of hydrogen-bond donors (Lipinski definition) is 2. The van der Waals surface area contributed by atoms with Crippen LogP contribution in [0.15, 0.2) is 46.7 Å². The first-order valence-electron chi connectivity index (χ1n) is 6.47. The Hall–Kier alpha value is -1.41. The lowest BCUT2D eigenvalue weighted by atomic mass is 10.3. The van der Waals surface area contributed by atoms with E-state index in [1.54, 1.807) is 18.2 Å². The van der Waals surface area contributed by atoms with Crippen LogP contribution in [0.4, 0.5) is 0 Å². The highest BCUT2D eigenvalue weighted by atomic mass is 32.2. The van der Waals surface area contributed by atoms with Crippen molar-refractivity contribution in [2.75, 3.05) is 13.2 Å². The summed E-state index contributed by atoms with van der Waals surface area (Å²) in [5.41, 5.74) is 0. The maximum Gasteiger partial charge on any atom is 0.240 e. The monoisotopic (exact) mass is 327 g/mol. The molecule has 0 bridgehead atoms. The molecule has 1 atom stereocenters. The first-order valence-corrected chi connectivity index (χ1v) is 8.83. The summed E-state index contributed by atoms with van der Waals surface area (Å²) in [4.78, 5) is 0.869. The van der Waals surface area contributed by atoms with Gasteiger partial charge in [-0.25, -0.2) is 13.1 Å². The third-order valence-electron chi connectivity index (χ3n) is 2.78. The molecule has 21 heavy (non-hydrogen) atoms. The number of aliphatic hydroxyl groups is 1. The number of aliphatic hydroxyl groups excluding tert-OH is 1. The van der Waals surface area contributed by atoms with Crippen LogP contribution in [-0.2, 0) is 10.0 Å². The van der Waals surface area contributed by atoms with E-state index < -0.39 is 16.1 Å². The molecule has 0 saturated carbocycles. The van der Waals surface area contributed by atoms with Gasteiger partial charge < -0.3 is 9.84 Å². The summed E-state index contributed by atoms with van der Waals surface area (Å²) >= 11 is 1.38. The second-order valence-electron chi connectivity index (χ2n) is 4.29. The van der Waals surface area contributed by atoms with E-state index in [9.17, 15) is 13.5 Å². The first-order chi connectivity index (χ1) is 10.0. The Bertz CT molecular complexity index is 651. The van der Waals surface area contributed by atoms with Crippen LogP contribution in [0.2, 0.25) is 0 Å². The van der Waals surface area contributed by atoms with Crippen LogP contribution in [0.5, 0.6) is 5.75 Å². The molecule has 1 aromatic heterocycles. The number of sulfonamides is 1. The van der Waals surface area contributed by atoms with Gasteiger partial charge in [0, 0.05) is 11.4 Å². The van der Waals surface area contributed by atoms with Crippen molar-refractivity contribution >= 4 is 21.4 Å². The molecule has 0 saturated heterocycles.